The lowest BCUT2D eigenvalue weighted by atomic mass is 9.91. The minimum absolute atomic E-state index is 0.129. The first kappa shape index (κ1) is 16.6. The number of amides is 1. The Kier molecular flexibility index (Phi) is 5.49. The highest BCUT2D eigenvalue weighted by Crippen LogP contribution is 2.31. The van der Waals surface area contributed by atoms with E-state index in [2.05, 4.69) is 10.2 Å². The number of piperidine rings is 1. The van der Waals surface area contributed by atoms with Gasteiger partial charge >= 0.3 is 6.09 Å². The molecular formula is C16H30N2O3. The van der Waals surface area contributed by atoms with Crippen LogP contribution in [0.25, 0.3) is 0 Å². The second kappa shape index (κ2) is 6.97. The van der Waals surface area contributed by atoms with E-state index in [9.17, 15) is 9.90 Å². The van der Waals surface area contributed by atoms with E-state index < -0.39 is 5.60 Å². The summed E-state index contributed by atoms with van der Waals surface area (Å²) < 4.78 is 5.35. The molecule has 1 aliphatic heterocycles. The second-order valence-corrected chi connectivity index (χ2v) is 7.62. The molecule has 0 aromatic carbocycles. The fourth-order valence-corrected chi connectivity index (χ4v) is 3.09. The summed E-state index contributed by atoms with van der Waals surface area (Å²) in [6.45, 7) is 8.93. The van der Waals surface area contributed by atoms with Crippen LogP contribution in [0.15, 0.2) is 0 Å². The molecule has 1 heterocycles. The molecule has 0 aromatic heterocycles. The Morgan fingerprint density at radius 1 is 1.29 bits per heavy atom. The van der Waals surface area contributed by atoms with Gasteiger partial charge in [-0.3, -0.25) is 0 Å². The van der Waals surface area contributed by atoms with Crippen LogP contribution in [0.5, 0.6) is 0 Å². The van der Waals surface area contributed by atoms with Crippen molar-refractivity contribution >= 4 is 6.09 Å². The standard InChI is InChI=1S/C16H30N2O3/c1-16(2,3)21-15(20)17-14-8-13(6-7-19)10-18(11-14)9-12-4-5-12/h12-14,19H,4-11H2,1-3H3,(H,17,20). The molecule has 0 radical (unpaired) electrons. The predicted octanol–water partition coefficient (Wildman–Crippen LogP) is 1.99. The maximum Gasteiger partial charge on any atom is 0.407 e. The molecule has 2 rings (SSSR count). The number of likely N-dealkylation sites (tertiary alicyclic amines) is 1. The third-order valence-electron chi connectivity index (χ3n) is 4.08. The zero-order chi connectivity index (χ0) is 15.5. The van der Waals surface area contributed by atoms with Crippen molar-refractivity contribution in [2.45, 2.75) is 58.1 Å². The predicted molar refractivity (Wildman–Crippen MR) is 82.1 cm³/mol. The Labute approximate surface area is 128 Å². The maximum absolute atomic E-state index is 11.9. The highest BCUT2D eigenvalue weighted by atomic mass is 16.6. The van der Waals surface area contributed by atoms with Gasteiger partial charge in [0, 0.05) is 32.3 Å². The number of carbonyl (C=O) groups is 1. The summed E-state index contributed by atoms with van der Waals surface area (Å²) in [5, 5.41) is 12.2. The van der Waals surface area contributed by atoms with Crippen LogP contribution in [-0.4, -0.2) is 54.0 Å². The van der Waals surface area contributed by atoms with Crippen LogP contribution in [0.1, 0.15) is 46.5 Å². The van der Waals surface area contributed by atoms with Crippen LogP contribution >= 0.6 is 0 Å². The topological polar surface area (TPSA) is 61.8 Å². The third kappa shape index (κ3) is 6.22. The summed E-state index contributed by atoms with van der Waals surface area (Å²) in [5.74, 6) is 1.31. The lowest BCUT2D eigenvalue weighted by molar-refractivity contribution is 0.0437. The molecular weight excluding hydrogens is 268 g/mol. The van der Waals surface area contributed by atoms with Gasteiger partial charge in [0.2, 0.25) is 0 Å². The highest BCUT2D eigenvalue weighted by Gasteiger charge is 2.32. The minimum atomic E-state index is -0.461. The van der Waals surface area contributed by atoms with E-state index in [1.165, 1.54) is 12.8 Å². The molecule has 5 nitrogen and oxygen atoms in total. The molecule has 21 heavy (non-hydrogen) atoms. The molecule has 2 atom stereocenters. The number of nitrogens with one attached hydrogen (secondary N) is 1. The van der Waals surface area contributed by atoms with Crippen molar-refractivity contribution < 1.29 is 14.6 Å². The smallest absolute Gasteiger partial charge is 0.407 e. The third-order valence-corrected chi connectivity index (χ3v) is 4.08. The quantitative estimate of drug-likeness (QED) is 0.815. The number of hydrogen-bond donors (Lipinski definition) is 2. The van der Waals surface area contributed by atoms with Gasteiger partial charge in [-0.1, -0.05) is 0 Å². The van der Waals surface area contributed by atoms with E-state index in [0.29, 0.717) is 5.92 Å². The van der Waals surface area contributed by atoms with Crippen LogP contribution in [0, 0.1) is 11.8 Å². The summed E-state index contributed by atoms with van der Waals surface area (Å²) in [7, 11) is 0. The molecule has 2 fully saturated rings. The van der Waals surface area contributed by atoms with E-state index >= 15 is 0 Å². The first-order valence-electron chi connectivity index (χ1n) is 8.18. The fourth-order valence-electron chi connectivity index (χ4n) is 3.09. The van der Waals surface area contributed by atoms with E-state index in [-0.39, 0.29) is 18.7 Å². The van der Waals surface area contributed by atoms with Gasteiger partial charge in [-0.15, -0.1) is 0 Å². The molecule has 122 valence electrons. The summed E-state index contributed by atoms with van der Waals surface area (Å²) in [5.41, 5.74) is -0.461. The van der Waals surface area contributed by atoms with Crippen molar-refractivity contribution in [3.8, 4) is 0 Å². The molecule has 0 spiro atoms. The SMILES string of the molecule is CC(C)(C)OC(=O)NC1CC(CCO)CN(CC2CC2)C1. The van der Waals surface area contributed by atoms with Crippen LogP contribution in [0.2, 0.25) is 0 Å². The van der Waals surface area contributed by atoms with Gasteiger partial charge in [-0.05, 0) is 58.3 Å². The van der Waals surface area contributed by atoms with Gasteiger partial charge in [-0.25, -0.2) is 4.79 Å². The maximum atomic E-state index is 11.9. The van der Waals surface area contributed by atoms with E-state index in [1.54, 1.807) is 0 Å². The number of ether oxygens (including phenoxy) is 1. The molecule has 2 aliphatic rings. The van der Waals surface area contributed by atoms with Crippen molar-refractivity contribution in [1.29, 1.82) is 0 Å². The van der Waals surface area contributed by atoms with Gasteiger partial charge in [-0.2, -0.15) is 0 Å². The molecule has 2 N–H and O–H groups in total. The lowest BCUT2D eigenvalue weighted by Crippen LogP contribution is -2.52. The van der Waals surface area contributed by atoms with Crippen molar-refractivity contribution in [2.75, 3.05) is 26.2 Å². The van der Waals surface area contributed by atoms with Gasteiger partial charge in [0.25, 0.3) is 0 Å². The van der Waals surface area contributed by atoms with Crippen LogP contribution < -0.4 is 5.32 Å². The second-order valence-electron chi connectivity index (χ2n) is 7.62. The van der Waals surface area contributed by atoms with Crippen LogP contribution in [0.3, 0.4) is 0 Å². The Morgan fingerprint density at radius 2 is 2.00 bits per heavy atom. The Balaban J connectivity index is 1.85. The molecule has 2 unspecified atom stereocenters. The summed E-state index contributed by atoms with van der Waals surface area (Å²) >= 11 is 0. The van der Waals surface area contributed by atoms with Crippen molar-refractivity contribution in [1.82, 2.24) is 10.2 Å². The lowest BCUT2D eigenvalue weighted by Gasteiger charge is -2.38. The normalized spacial score (nSPS) is 27.4. The first-order valence-corrected chi connectivity index (χ1v) is 8.18. The largest absolute Gasteiger partial charge is 0.444 e. The summed E-state index contributed by atoms with van der Waals surface area (Å²) in [6.07, 6.45) is 4.09. The zero-order valence-electron chi connectivity index (χ0n) is 13.6. The van der Waals surface area contributed by atoms with Gasteiger partial charge in [0.15, 0.2) is 0 Å². The van der Waals surface area contributed by atoms with Crippen molar-refractivity contribution in [3.63, 3.8) is 0 Å². The highest BCUT2D eigenvalue weighted by molar-refractivity contribution is 5.68. The number of aliphatic hydroxyl groups excluding tert-OH is 1. The van der Waals surface area contributed by atoms with Gasteiger partial charge in [0.05, 0.1) is 0 Å². The molecule has 0 aromatic rings. The first-order chi connectivity index (χ1) is 9.85. The number of carbonyl (C=O) groups excluding carboxylic acids is 1. The molecule has 0 bridgehead atoms. The van der Waals surface area contributed by atoms with Crippen molar-refractivity contribution in [3.05, 3.63) is 0 Å². The average molecular weight is 298 g/mol. The Bertz CT molecular complexity index is 350. The Morgan fingerprint density at radius 3 is 2.57 bits per heavy atom. The number of hydrogen-bond acceptors (Lipinski definition) is 4. The van der Waals surface area contributed by atoms with Gasteiger partial charge < -0.3 is 20.1 Å². The summed E-state index contributed by atoms with van der Waals surface area (Å²) in [4.78, 5) is 14.4. The molecule has 1 saturated carbocycles. The molecule has 1 amide bonds. The molecule has 5 heteroatoms. The molecule has 1 aliphatic carbocycles. The zero-order valence-corrected chi connectivity index (χ0v) is 13.6. The summed E-state index contributed by atoms with van der Waals surface area (Å²) in [6, 6.07) is 0.129. The van der Waals surface area contributed by atoms with Crippen molar-refractivity contribution in [2.24, 2.45) is 11.8 Å². The number of alkyl carbamates (subject to hydrolysis) is 1. The van der Waals surface area contributed by atoms with E-state index in [0.717, 1.165) is 38.4 Å². The van der Waals surface area contributed by atoms with E-state index in [4.69, 9.17) is 4.74 Å². The van der Waals surface area contributed by atoms with Gasteiger partial charge in [0.1, 0.15) is 5.60 Å². The monoisotopic (exact) mass is 298 g/mol. The fraction of sp³-hybridized carbons (Fsp3) is 0.938. The number of nitrogens with zero attached hydrogens (tertiary/aromatic N) is 1. The molecule has 1 saturated heterocycles. The van der Waals surface area contributed by atoms with Crippen LogP contribution in [-0.2, 0) is 4.74 Å². The number of aliphatic hydroxyl groups is 1. The number of rotatable bonds is 5. The minimum Gasteiger partial charge on any atom is -0.444 e. The van der Waals surface area contributed by atoms with Crippen LogP contribution in [0.4, 0.5) is 4.79 Å². The Hall–Kier alpha value is -0.810. The average Bonchev–Trinajstić information content (AvgIpc) is 3.10. The van der Waals surface area contributed by atoms with E-state index in [1.807, 2.05) is 20.8 Å².